The van der Waals surface area contributed by atoms with Crippen molar-refractivity contribution in [2.75, 3.05) is 0 Å². The molecule has 0 saturated heterocycles. The van der Waals surface area contributed by atoms with Gasteiger partial charge in [-0.1, -0.05) is 0 Å². The summed E-state index contributed by atoms with van der Waals surface area (Å²) in [4.78, 5) is 0. The Kier molecular flexibility index (Phi) is 16.0. The molecule has 0 aromatic rings. The van der Waals surface area contributed by atoms with Crippen LogP contribution in [0.1, 0.15) is 0 Å². The van der Waals surface area contributed by atoms with Gasteiger partial charge in [-0.25, -0.2) is 5.26 Å². The van der Waals surface area contributed by atoms with E-state index in [0.717, 1.165) is 0 Å². The molecule has 0 aromatic heterocycles. The predicted octanol–water partition coefficient (Wildman–Crippen LogP) is -1.16. The number of hydrogen-bond acceptors (Lipinski definition) is 3. The molecule has 0 rings (SSSR count). The second-order valence-corrected chi connectivity index (χ2v) is 1.34. The van der Waals surface area contributed by atoms with E-state index < -0.39 is 10.4 Å². The Morgan fingerprint density at radius 1 is 1.25 bits per heavy atom. The van der Waals surface area contributed by atoms with Crippen molar-refractivity contribution in [1.82, 2.24) is 0 Å². The third kappa shape index (κ3) is 253. The van der Waals surface area contributed by atoms with E-state index >= 15 is 0 Å². The van der Waals surface area contributed by atoms with Crippen LogP contribution in [0.2, 0.25) is 0 Å². The molecular formula is CH4KNO4S. The fourth-order valence-corrected chi connectivity index (χ4v) is 0. The van der Waals surface area contributed by atoms with Crippen LogP contribution in [0.25, 0.3) is 0 Å². The Balaban J connectivity index is -0.0000000750. The van der Waals surface area contributed by atoms with Crippen molar-refractivity contribution < 1.29 is 17.5 Å². The number of nitrogens with zero attached hydrogens (tertiary/aromatic N) is 1. The van der Waals surface area contributed by atoms with Gasteiger partial charge in [-0.3, -0.25) is 9.11 Å². The first-order valence-electron chi connectivity index (χ1n) is 0.957. The molecule has 0 spiro atoms. The van der Waals surface area contributed by atoms with Crippen molar-refractivity contribution >= 4 is 61.8 Å². The van der Waals surface area contributed by atoms with E-state index in [2.05, 4.69) is 6.57 Å². The van der Waals surface area contributed by atoms with Crippen LogP contribution in [-0.4, -0.2) is 68.9 Å². The average molecular weight is 165 g/mol. The molecule has 0 aliphatic rings. The first-order chi connectivity index (χ1) is 3.00. The summed E-state index contributed by atoms with van der Waals surface area (Å²) in [6.45, 7) is 3.50. The molecule has 5 nitrogen and oxygen atoms in total. The van der Waals surface area contributed by atoms with Crippen molar-refractivity contribution in [3.8, 4) is 6.57 Å². The van der Waals surface area contributed by atoms with Gasteiger partial charge < -0.3 is 0 Å². The Hall–Kier alpha value is 0.996. The van der Waals surface area contributed by atoms with E-state index in [1.54, 1.807) is 0 Å². The molecule has 0 heterocycles. The van der Waals surface area contributed by atoms with Gasteiger partial charge in [-0.2, -0.15) is 8.42 Å². The Bertz CT molecular complexity index is 127. The average Bonchev–Trinajstić information content (AvgIpc) is 1.36. The van der Waals surface area contributed by atoms with E-state index in [4.69, 9.17) is 22.8 Å². The molecule has 0 saturated carbocycles. The maximum absolute atomic E-state index is 8.74. The fraction of sp³-hybridized carbons (Fsp3) is 0. The summed E-state index contributed by atoms with van der Waals surface area (Å²) < 4.78 is 31.6. The summed E-state index contributed by atoms with van der Waals surface area (Å²) in [6, 6.07) is 0. The van der Waals surface area contributed by atoms with Crippen LogP contribution >= 0.6 is 0 Å². The molecule has 0 fully saturated rings. The molecule has 2 N–H and O–H groups in total. The van der Waals surface area contributed by atoms with Crippen LogP contribution in [0.5, 0.6) is 0 Å². The van der Waals surface area contributed by atoms with Crippen molar-refractivity contribution in [3.63, 3.8) is 0 Å². The molecule has 0 bridgehead atoms. The van der Waals surface area contributed by atoms with Gasteiger partial charge in [0.1, 0.15) is 0 Å². The Morgan fingerprint density at radius 3 is 1.25 bits per heavy atom. The Labute approximate surface area is 89.7 Å². The van der Waals surface area contributed by atoms with Gasteiger partial charge in [0.25, 0.3) is 0 Å². The minimum absolute atomic E-state index is 0. The summed E-state index contributed by atoms with van der Waals surface area (Å²) in [5.74, 6) is 0. The topological polar surface area (TPSA) is 98.4 Å². The van der Waals surface area contributed by atoms with Crippen LogP contribution < -0.4 is 0 Å². The van der Waals surface area contributed by atoms with Crippen molar-refractivity contribution in [2.45, 2.75) is 0 Å². The molecule has 0 amide bonds. The zero-order valence-electron chi connectivity index (χ0n) is 3.14. The maximum atomic E-state index is 8.74. The fourth-order valence-electron chi connectivity index (χ4n) is 0. The Morgan fingerprint density at radius 2 is 1.25 bits per heavy atom. The standard InChI is InChI=1S/CHN.K.H2O4S.H/c1-2;;1-5(2,3)4;/h1H;;(H2,1,2,3,4);. The molecule has 0 unspecified atom stereocenters. The molecule has 0 aromatic carbocycles. The summed E-state index contributed by atoms with van der Waals surface area (Å²) in [5, 5.41) is 6.50. The van der Waals surface area contributed by atoms with Gasteiger partial charge in [0, 0.05) is 6.57 Å². The first-order valence-corrected chi connectivity index (χ1v) is 2.35. The second kappa shape index (κ2) is 8.00. The molecule has 0 aliphatic heterocycles. The van der Waals surface area contributed by atoms with Gasteiger partial charge in [-0.05, 0) is 0 Å². The monoisotopic (exact) mass is 165 g/mol. The van der Waals surface area contributed by atoms with Crippen LogP contribution in [0.3, 0.4) is 0 Å². The van der Waals surface area contributed by atoms with Crippen molar-refractivity contribution in [3.05, 3.63) is 0 Å². The molecule has 44 valence electrons. The van der Waals surface area contributed by atoms with Gasteiger partial charge in [-0.15, -0.1) is 0 Å². The first kappa shape index (κ1) is 16.0. The zero-order chi connectivity index (χ0) is 6.50. The van der Waals surface area contributed by atoms with E-state index in [0.29, 0.717) is 0 Å². The van der Waals surface area contributed by atoms with E-state index in [-0.39, 0.29) is 51.4 Å². The number of rotatable bonds is 0. The quantitative estimate of drug-likeness (QED) is 0.348. The van der Waals surface area contributed by atoms with Crippen LogP contribution in [-0.2, 0) is 10.4 Å². The molecule has 0 aliphatic carbocycles. The second-order valence-electron chi connectivity index (χ2n) is 0.448. The molecule has 0 radical (unpaired) electrons. The predicted molar refractivity (Wildman–Crippen MR) is 28.0 cm³/mol. The summed E-state index contributed by atoms with van der Waals surface area (Å²) in [5.41, 5.74) is 0. The van der Waals surface area contributed by atoms with Gasteiger partial charge >= 0.3 is 61.8 Å². The zero-order valence-corrected chi connectivity index (χ0v) is 3.96. The van der Waals surface area contributed by atoms with Crippen molar-refractivity contribution in [2.24, 2.45) is 0 Å². The summed E-state index contributed by atoms with van der Waals surface area (Å²) in [6.07, 6.45) is 0. The minimum atomic E-state index is -4.67. The molecule has 0 atom stereocenters. The van der Waals surface area contributed by atoms with Crippen LogP contribution in [0.15, 0.2) is 0 Å². The van der Waals surface area contributed by atoms with Gasteiger partial charge in [0.15, 0.2) is 0 Å². The third-order valence-corrected chi connectivity index (χ3v) is 0. The summed E-state index contributed by atoms with van der Waals surface area (Å²) >= 11 is 0. The number of hydrogen-bond donors (Lipinski definition) is 2. The molecule has 7 heteroatoms. The van der Waals surface area contributed by atoms with Crippen molar-refractivity contribution in [1.29, 1.82) is 5.26 Å². The molecule has 8 heavy (non-hydrogen) atoms. The van der Waals surface area contributed by atoms with E-state index in [9.17, 15) is 0 Å². The normalized spacial score (nSPS) is 7.50. The number of nitriles is 1. The van der Waals surface area contributed by atoms with E-state index in [1.165, 1.54) is 0 Å². The third-order valence-electron chi connectivity index (χ3n) is 0. The molecular weight excluding hydrogens is 161 g/mol. The SMILES string of the molecule is C#N.O=S(=O)(O)O.[KH]. The van der Waals surface area contributed by atoms with Gasteiger partial charge in [0.2, 0.25) is 0 Å². The van der Waals surface area contributed by atoms with Crippen LogP contribution in [0, 0.1) is 11.8 Å². The summed E-state index contributed by atoms with van der Waals surface area (Å²) in [7, 11) is -4.67. The van der Waals surface area contributed by atoms with Gasteiger partial charge in [0.05, 0.1) is 0 Å². The van der Waals surface area contributed by atoms with Crippen LogP contribution in [0.4, 0.5) is 0 Å². The van der Waals surface area contributed by atoms with E-state index in [1.807, 2.05) is 0 Å².